The Morgan fingerprint density at radius 2 is 1.96 bits per heavy atom. The maximum Gasteiger partial charge on any atom is 0.355 e. The van der Waals surface area contributed by atoms with Crippen LogP contribution in [0.1, 0.15) is 28.9 Å². The second-order valence-electron chi connectivity index (χ2n) is 6.77. The lowest BCUT2D eigenvalue weighted by molar-refractivity contribution is -0.384. The van der Waals surface area contributed by atoms with E-state index in [0.29, 0.717) is 5.69 Å². The number of aromatic nitrogens is 1. The van der Waals surface area contributed by atoms with Gasteiger partial charge in [-0.05, 0) is 43.5 Å². The van der Waals surface area contributed by atoms with E-state index in [1.807, 2.05) is 25.1 Å². The largest absolute Gasteiger partial charge is 0.451 e. The number of hydrogen-bond acceptors (Lipinski definition) is 6. The molecule has 1 N–H and O–H groups in total. The van der Waals surface area contributed by atoms with Crippen LogP contribution in [0.4, 0.5) is 17.1 Å². The summed E-state index contributed by atoms with van der Waals surface area (Å²) in [6, 6.07) is 6.93. The molecule has 0 unspecified atom stereocenters. The molecule has 1 aliphatic rings. The molecule has 1 aliphatic heterocycles. The quantitative estimate of drug-likeness (QED) is 0.465. The lowest BCUT2D eigenvalue weighted by Crippen LogP contribution is -2.22. The maximum atomic E-state index is 12.1. The van der Waals surface area contributed by atoms with Gasteiger partial charge in [-0.3, -0.25) is 14.9 Å². The fourth-order valence-electron chi connectivity index (χ4n) is 3.20. The van der Waals surface area contributed by atoms with Crippen molar-refractivity contribution in [1.82, 2.24) is 4.57 Å². The zero-order chi connectivity index (χ0) is 20.3. The van der Waals surface area contributed by atoms with Crippen molar-refractivity contribution < 1.29 is 19.2 Å². The Hall–Kier alpha value is -3.36. The van der Waals surface area contributed by atoms with E-state index >= 15 is 0 Å². The van der Waals surface area contributed by atoms with Crippen LogP contribution in [0, 0.1) is 17.0 Å². The first-order valence-electron chi connectivity index (χ1n) is 8.98. The Morgan fingerprint density at radius 1 is 1.25 bits per heavy atom. The summed E-state index contributed by atoms with van der Waals surface area (Å²) in [7, 11) is 1.49. The van der Waals surface area contributed by atoms with Crippen LogP contribution in [0.25, 0.3) is 0 Å². The van der Waals surface area contributed by atoms with E-state index in [2.05, 4.69) is 10.2 Å². The van der Waals surface area contributed by atoms with E-state index in [1.165, 1.54) is 30.7 Å². The maximum absolute atomic E-state index is 12.1. The predicted octanol–water partition coefficient (Wildman–Crippen LogP) is 2.64. The molecule has 0 bridgehead atoms. The average Bonchev–Trinajstić information content (AvgIpc) is 3.31. The van der Waals surface area contributed by atoms with Gasteiger partial charge in [-0.2, -0.15) is 0 Å². The van der Waals surface area contributed by atoms with E-state index in [0.717, 1.165) is 30.4 Å². The Balaban J connectivity index is 1.57. The number of aryl methyl sites for hydroxylation is 2. The third kappa shape index (κ3) is 4.30. The molecule has 28 heavy (non-hydrogen) atoms. The van der Waals surface area contributed by atoms with Crippen molar-refractivity contribution in [1.29, 1.82) is 0 Å². The van der Waals surface area contributed by atoms with Crippen LogP contribution in [-0.4, -0.2) is 41.1 Å². The number of nitrogens with zero attached hydrogens (tertiary/aromatic N) is 3. The normalized spacial score (nSPS) is 13.4. The summed E-state index contributed by atoms with van der Waals surface area (Å²) in [4.78, 5) is 36.7. The second kappa shape index (κ2) is 8.12. The van der Waals surface area contributed by atoms with Gasteiger partial charge in [0.2, 0.25) is 0 Å². The number of amides is 1. The Bertz CT molecular complexity index is 915. The van der Waals surface area contributed by atoms with Crippen molar-refractivity contribution >= 4 is 28.9 Å². The number of nitro groups is 1. The molecule has 0 saturated carbocycles. The van der Waals surface area contributed by atoms with Gasteiger partial charge in [0.15, 0.2) is 6.61 Å². The Kier molecular flexibility index (Phi) is 5.62. The van der Waals surface area contributed by atoms with Crippen molar-refractivity contribution in [3.05, 3.63) is 51.8 Å². The van der Waals surface area contributed by atoms with Crippen LogP contribution in [-0.2, 0) is 16.6 Å². The minimum atomic E-state index is -0.799. The molecule has 1 fully saturated rings. The van der Waals surface area contributed by atoms with Crippen molar-refractivity contribution in [2.75, 3.05) is 29.9 Å². The minimum Gasteiger partial charge on any atom is -0.451 e. The summed E-state index contributed by atoms with van der Waals surface area (Å²) < 4.78 is 6.27. The number of hydrogen-bond donors (Lipinski definition) is 1. The number of nitrogens with one attached hydrogen (secondary N) is 1. The summed E-state index contributed by atoms with van der Waals surface area (Å²) >= 11 is 0. The third-order valence-electron chi connectivity index (χ3n) is 4.70. The number of ether oxygens (including phenoxy) is 1. The van der Waals surface area contributed by atoms with E-state index in [-0.39, 0.29) is 11.4 Å². The zero-order valence-electron chi connectivity index (χ0n) is 15.8. The summed E-state index contributed by atoms with van der Waals surface area (Å²) in [6.07, 6.45) is 3.59. The van der Waals surface area contributed by atoms with E-state index in [1.54, 1.807) is 0 Å². The molecule has 1 amide bonds. The van der Waals surface area contributed by atoms with Crippen LogP contribution in [0.3, 0.4) is 0 Å². The molecule has 1 saturated heterocycles. The lowest BCUT2D eigenvalue weighted by Gasteiger charge is -2.19. The highest BCUT2D eigenvalue weighted by Gasteiger charge is 2.20. The van der Waals surface area contributed by atoms with Crippen LogP contribution in [0.15, 0.2) is 30.5 Å². The fourth-order valence-corrected chi connectivity index (χ4v) is 3.20. The Labute approximate surface area is 162 Å². The Morgan fingerprint density at radius 3 is 2.57 bits per heavy atom. The number of carbonyl (C=O) groups excluding carboxylic acids is 2. The molecule has 0 spiro atoms. The molecule has 0 atom stereocenters. The van der Waals surface area contributed by atoms with E-state index < -0.39 is 23.4 Å². The van der Waals surface area contributed by atoms with Gasteiger partial charge in [0, 0.05) is 37.6 Å². The standard InChI is InChI=1S/C19H22N4O5/c1-13-9-14(22-7-3-4-8-22)5-6-16(13)20-18(24)12-28-19(25)17-10-15(23(26)27)11-21(17)2/h5-6,9-11H,3-4,7-8,12H2,1-2H3,(H,20,24). The van der Waals surface area contributed by atoms with Crippen LogP contribution >= 0.6 is 0 Å². The molecular formula is C19H22N4O5. The van der Waals surface area contributed by atoms with Crippen LogP contribution < -0.4 is 10.2 Å². The smallest absolute Gasteiger partial charge is 0.355 e. The molecule has 1 aromatic heterocycles. The summed E-state index contributed by atoms with van der Waals surface area (Å²) in [5.74, 6) is -1.28. The van der Waals surface area contributed by atoms with Gasteiger partial charge in [0.25, 0.3) is 11.6 Å². The monoisotopic (exact) mass is 386 g/mol. The van der Waals surface area contributed by atoms with Gasteiger partial charge in [-0.1, -0.05) is 0 Å². The van der Waals surface area contributed by atoms with Crippen molar-refractivity contribution in [2.24, 2.45) is 7.05 Å². The minimum absolute atomic E-state index is 0.00523. The van der Waals surface area contributed by atoms with Gasteiger partial charge < -0.3 is 19.5 Å². The number of carbonyl (C=O) groups is 2. The highest BCUT2D eigenvalue weighted by molar-refractivity contribution is 5.95. The van der Waals surface area contributed by atoms with E-state index in [4.69, 9.17) is 4.74 Å². The molecule has 9 nitrogen and oxygen atoms in total. The highest BCUT2D eigenvalue weighted by Crippen LogP contribution is 2.25. The highest BCUT2D eigenvalue weighted by atomic mass is 16.6. The van der Waals surface area contributed by atoms with Gasteiger partial charge in [0.05, 0.1) is 11.1 Å². The van der Waals surface area contributed by atoms with Gasteiger partial charge in [-0.25, -0.2) is 4.79 Å². The van der Waals surface area contributed by atoms with E-state index in [9.17, 15) is 19.7 Å². The number of anilines is 2. The second-order valence-corrected chi connectivity index (χ2v) is 6.77. The molecule has 1 aromatic carbocycles. The first-order valence-corrected chi connectivity index (χ1v) is 8.98. The molecular weight excluding hydrogens is 364 g/mol. The first kappa shape index (κ1) is 19.4. The number of benzene rings is 1. The van der Waals surface area contributed by atoms with Crippen LogP contribution in [0.2, 0.25) is 0 Å². The molecule has 3 rings (SSSR count). The molecule has 9 heteroatoms. The number of esters is 1. The fraction of sp³-hybridized carbons (Fsp3) is 0.368. The van der Waals surface area contributed by atoms with Crippen molar-refractivity contribution in [3.8, 4) is 0 Å². The zero-order valence-corrected chi connectivity index (χ0v) is 15.8. The molecule has 148 valence electrons. The summed E-state index contributed by atoms with van der Waals surface area (Å²) in [5.41, 5.74) is 2.49. The molecule has 2 aromatic rings. The topological polar surface area (TPSA) is 107 Å². The molecule has 2 heterocycles. The van der Waals surface area contributed by atoms with Gasteiger partial charge in [0.1, 0.15) is 5.69 Å². The molecule has 0 aliphatic carbocycles. The summed E-state index contributed by atoms with van der Waals surface area (Å²) in [5, 5.41) is 13.5. The van der Waals surface area contributed by atoms with Crippen molar-refractivity contribution in [2.45, 2.75) is 19.8 Å². The average molecular weight is 386 g/mol. The van der Waals surface area contributed by atoms with Gasteiger partial charge in [-0.15, -0.1) is 0 Å². The predicted molar refractivity (Wildman–Crippen MR) is 104 cm³/mol. The first-order chi connectivity index (χ1) is 13.3. The van der Waals surface area contributed by atoms with Crippen LogP contribution in [0.5, 0.6) is 0 Å². The van der Waals surface area contributed by atoms with Gasteiger partial charge >= 0.3 is 5.97 Å². The SMILES string of the molecule is Cc1cc(N2CCCC2)ccc1NC(=O)COC(=O)c1cc([N+](=O)[O-])cn1C. The molecule has 0 radical (unpaired) electrons. The van der Waals surface area contributed by atoms with Crippen molar-refractivity contribution in [3.63, 3.8) is 0 Å². The summed E-state index contributed by atoms with van der Waals surface area (Å²) in [6.45, 7) is 3.51. The third-order valence-corrected chi connectivity index (χ3v) is 4.70. The lowest BCUT2D eigenvalue weighted by atomic mass is 10.1. The number of rotatable bonds is 6.